The molecule has 0 aliphatic carbocycles. The van der Waals surface area contributed by atoms with Gasteiger partial charge in [0.15, 0.2) is 0 Å². The molecule has 0 N–H and O–H groups in total. The number of imidazole rings is 1. The molecule has 5 nitrogen and oxygen atoms in total. The van der Waals surface area contributed by atoms with E-state index in [2.05, 4.69) is 4.98 Å². The van der Waals surface area contributed by atoms with Crippen molar-refractivity contribution in [1.29, 1.82) is 0 Å². The minimum atomic E-state index is -0.511. The first kappa shape index (κ1) is 19.0. The van der Waals surface area contributed by atoms with Crippen LogP contribution in [-0.2, 0) is 17.8 Å². The van der Waals surface area contributed by atoms with E-state index in [0.29, 0.717) is 19.6 Å². The number of halogens is 1. The number of nitrogens with zero attached hydrogens (tertiary/aromatic N) is 3. The van der Waals surface area contributed by atoms with Crippen molar-refractivity contribution in [3.05, 3.63) is 42.1 Å². The zero-order valence-electron chi connectivity index (χ0n) is 15.5. The molecule has 136 valence electrons. The minimum absolute atomic E-state index is 0.270. The Labute approximate surface area is 148 Å². The molecule has 3 rings (SSSR count). The molecule has 0 fully saturated rings. The molecule has 0 saturated carbocycles. The van der Waals surface area contributed by atoms with Crippen LogP contribution in [0.4, 0.5) is 9.18 Å². The quantitative estimate of drug-likeness (QED) is 0.765. The molecule has 1 aliphatic heterocycles. The van der Waals surface area contributed by atoms with Gasteiger partial charge in [-0.2, -0.15) is 0 Å². The van der Waals surface area contributed by atoms with E-state index in [-0.39, 0.29) is 11.9 Å². The van der Waals surface area contributed by atoms with Gasteiger partial charge in [-0.05, 0) is 45.0 Å². The van der Waals surface area contributed by atoms with Gasteiger partial charge in [0.2, 0.25) is 0 Å². The molecule has 1 aromatic carbocycles. The molecule has 1 amide bonds. The first-order valence-corrected chi connectivity index (χ1v) is 8.62. The average Bonchev–Trinajstić information content (AvgIpc) is 2.99. The van der Waals surface area contributed by atoms with Gasteiger partial charge in [-0.15, -0.1) is 0 Å². The average molecular weight is 347 g/mol. The van der Waals surface area contributed by atoms with Gasteiger partial charge in [0.25, 0.3) is 0 Å². The highest BCUT2D eigenvalue weighted by Crippen LogP contribution is 2.22. The molecule has 0 unspecified atom stereocenters. The van der Waals surface area contributed by atoms with Gasteiger partial charge in [-0.25, -0.2) is 14.2 Å². The van der Waals surface area contributed by atoms with Gasteiger partial charge in [0.1, 0.15) is 17.2 Å². The Morgan fingerprint density at radius 3 is 2.40 bits per heavy atom. The summed E-state index contributed by atoms with van der Waals surface area (Å²) in [4.78, 5) is 18.4. The highest BCUT2D eigenvalue weighted by molar-refractivity contribution is 5.68. The maximum atomic E-state index is 13.0. The van der Waals surface area contributed by atoms with Crippen LogP contribution in [0.3, 0.4) is 0 Å². The summed E-state index contributed by atoms with van der Waals surface area (Å²) in [7, 11) is 0. The van der Waals surface area contributed by atoms with Crippen LogP contribution in [0.5, 0.6) is 0 Å². The third-order valence-electron chi connectivity index (χ3n) is 3.59. The zero-order chi connectivity index (χ0) is 18.6. The minimum Gasteiger partial charge on any atom is -0.444 e. The van der Waals surface area contributed by atoms with E-state index in [9.17, 15) is 9.18 Å². The summed E-state index contributed by atoms with van der Waals surface area (Å²) in [6.45, 7) is 11.2. The summed E-state index contributed by atoms with van der Waals surface area (Å²) in [6, 6.07) is 6.24. The molecule has 0 atom stereocenters. The molecule has 2 heterocycles. The van der Waals surface area contributed by atoms with E-state index in [4.69, 9.17) is 4.74 Å². The molecule has 2 aromatic rings. The molecule has 1 aromatic heterocycles. The van der Waals surface area contributed by atoms with Crippen LogP contribution in [0.1, 0.15) is 40.4 Å². The number of aromatic nitrogens is 2. The molecular weight excluding hydrogens is 321 g/mol. The maximum Gasteiger partial charge on any atom is 0.410 e. The third-order valence-corrected chi connectivity index (χ3v) is 3.59. The number of carbonyl (C=O) groups excluding carboxylic acids is 1. The van der Waals surface area contributed by atoms with Gasteiger partial charge in [0, 0.05) is 24.8 Å². The summed E-state index contributed by atoms with van der Waals surface area (Å²) < 4.78 is 20.5. The number of fused-ring (bicyclic) bond motifs is 1. The molecule has 0 radical (unpaired) electrons. The van der Waals surface area contributed by atoms with Gasteiger partial charge in [-0.3, -0.25) is 4.90 Å². The van der Waals surface area contributed by atoms with Gasteiger partial charge >= 0.3 is 6.09 Å². The SMILES string of the molecule is CC.CC(C)(C)OC(=O)N1CCn2cc(-c3ccc(F)cc3)nc2C1. The standard InChI is InChI=1S/C17H20FN3O2.C2H6/c1-17(2,3)23-16(22)21-9-8-20-10-14(19-15(20)11-21)12-4-6-13(18)7-5-12;1-2/h4-7,10H,8-9,11H2,1-3H3;1-2H3. The van der Waals surface area contributed by atoms with Crippen molar-refractivity contribution >= 4 is 6.09 Å². The number of ether oxygens (including phenoxy) is 1. The summed E-state index contributed by atoms with van der Waals surface area (Å²) in [5, 5.41) is 0. The van der Waals surface area contributed by atoms with Gasteiger partial charge in [-0.1, -0.05) is 13.8 Å². The van der Waals surface area contributed by atoms with Gasteiger partial charge in [0.05, 0.1) is 12.2 Å². The lowest BCUT2D eigenvalue weighted by atomic mass is 10.2. The Balaban J connectivity index is 0.00000109. The van der Waals surface area contributed by atoms with Crippen molar-refractivity contribution < 1.29 is 13.9 Å². The molecular formula is C19H26FN3O2. The van der Waals surface area contributed by atoms with E-state index in [1.807, 2.05) is 45.4 Å². The van der Waals surface area contributed by atoms with Crippen molar-refractivity contribution in [2.45, 2.75) is 53.3 Å². The highest BCUT2D eigenvalue weighted by atomic mass is 19.1. The number of hydrogen-bond acceptors (Lipinski definition) is 3. The Hall–Kier alpha value is -2.37. The lowest BCUT2D eigenvalue weighted by Crippen LogP contribution is -2.41. The molecule has 0 saturated heterocycles. The number of amides is 1. The van der Waals surface area contributed by atoms with E-state index < -0.39 is 5.60 Å². The largest absolute Gasteiger partial charge is 0.444 e. The smallest absolute Gasteiger partial charge is 0.410 e. The molecule has 0 bridgehead atoms. The lowest BCUT2D eigenvalue weighted by molar-refractivity contribution is 0.0195. The maximum absolute atomic E-state index is 13.0. The lowest BCUT2D eigenvalue weighted by Gasteiger charge is -2.30. The van der Waals surface area contributed by atoms with Crippen LogP contribution in [0.25, 0.3) is 11.3 Å². The fraction of sp³-hybridized carbons (Fsp3) is 0.474. The fourth-order valence-corrected chi connectivity index (χ4v) is 2.49. The van der Waals surface area contributed by atoms with Gasteiger partial charge < -0.3 is 9.30 Å². The van der Waals surface area contributed by atoms with Crippen molar-refractivity contribution in [2.24, 2.45) is 0 Å². The second-order valence-electron chi connectivity index (χ2n) is 6.64. The predicted octanol–water partition coefficient (Wildman–Crippen LogP) is 4.47. The Bertz CT molecular complexity index is 717. The number of benzene rings is 1. The zero-order valence-corrected chi connectivity index (χ0v) is 15.5. The second kappa shape index (κ2) is 7.68. The topological polar surface area (TPSA) is 47.4 Å². The van der Waals surface area contributed by atoms with E-state index in [1.165, 1.54) is 12.1 Å². The highest BCUT2D eigenvalue weighted by Gasteiger charge is 2.26. The van der Waals surface area contributed by atoms with E-state index in [0.717, 1.165) is 17.1 Å². The molecule has 0 spiro atoms. The Morgan fingerprint density at radius 2 is 1.80 bits per heavy atom. The second-order valence-corrected chi connectivity index (χ2v) is 6.64. The summed E-state index contributed by atoms with van der Waals surface area (Å²) in [5.74, 6) is 0.537. The fourth-order valence-electron chi connectivity index (χ4n) is 2.49. The van der Waals surface area contributed by atoms with Crippen molar-refractivity contribution in [2.75, 3.05) is 6.54 Å². The number of rotatable bonds is 1. The Kier molecular flexibility index (Phi) is 5.82. The normalized spacial score (nSPS) is 13.6. The summed E-state index contributed by atoms with van der Waals surface area (Å²) in [6.07, 6.45) is 1.62. The molecule has 1 aliphatic rings. The number of carbonyl (C=O) groups is 1. The van der Waals surface area contributed by atoms with E-state index in [1.54, 1.807) is 17.0 Å². The first-order chi connectivity index (χ1) is 11.8. The van der Waals surface area contributed by atoms with Crippen LogP contribution in [0.15, 0.2) is 30.5 Å². The van der Waals surface area contributed by atoms with E-state index >= 15 is 0 Å². The summed E-state index contributed by atoms with van der Waals surface area (Å²) >= 11 is 0. The van der Waals surface area contributed by atoms with Crippen LogP contribution in [0, 0.1) is 5.82 Å². The monoisotopic (exact) mass is 347 g/mol. The van der Waals surface area contributed by atoms with Crippen molar-refractivity contribution in [1.82, 2.24) is 14.5 Å². The summed E-state index contributed by atoms with van der Waals surface area (Å²) in [5.41, 5.74) is 1.13. The molecule has 6 heteroatoms. The number of hydrogen-bond donors (Lipinski definition) is 0. The first-order valence-electron chi connectivity index (χ1n) is 8.62. The van der Waals surface area contributed by atoms with Crippen molar-refractivity contribution in [3.8, 4) is 11.3 Å². The Morgan fingerprint density at radius 1 is 1.16 bits per heavy atom. The van der Waals surface area contributed by atoms with Crippen molar-refractivity contribution in [3.63, 3.8) is 0 Å². The van der Waals surface area contributed by atoms with Crippen LogP contribution < -0.4 is 0 Å². The predicted molar refractivity (Wildman–Crippen MR) is 95.6 cm³/mol. The van der Waals surface area contributed by atoms with Crippen LogP contribution in [-0.4, -0.2) is 32.7 Å². The third kappa shape index (κ3) is 4.81. The molecule has 25 heavy (non-hydrogen) atoms. The van der Waals surface area contributed by atoms with Crippen LogP contribution >= 0.6 is 0 Å². The van der Waals surface area contributed by atoms with Crippen LogP contribution in [0.2, 0.25) is 0 Å².